The van der Waals surface area contributed by atoms with Gasteiger partial charge in [0.2, 0.25) is 6.41 Å². The highest BCUT2D eigenvalue weighted by molar-refractivity contribution is 7.82. The van der Waals surface area contributed by atoms with Crippen LogP contribution in [0.3, 0.4) is 0 Å². The lowest BCUT2D eigenvalue weighted by Crippen LogP contribution is -2.10. The zero-order valence-electron chi connectivity index (χ0n) is 6.69. The fourth-order valence-electron chi connectivity index (χ4n) is 0.743. The summed E-state index contributed by atoms with van der Waals surface area (Å²) in [4.78, 5) is 13.6. The topological polar surface area (TPSA) is 33.2 Å². The molecule has 0 aliphatic rings. The van der Waals surface area contributed by atoms with Crippen LogP contribution >= 0.6 is 12.8 Å². The molecular weight excluding hydrogens is 217 g/mol. The molecule has 0 unspecified atom stereocenters. The maximum Gasteiger partial charge on any atom is 0.417 e. The predicted octanol–water partition coefficient (Wildman–Crippen LogP) is 1.91. The number of pyridine rings is 1. The Labute approximate surface area is 83.1 Å². The molecule has 76 valence electrons. The summed E-state index contributed by atoms with van der Waals surface area (Å²) in [6.45, 7) is 0. The number of nitrogens with zero attached hydrogens (tertiary/aromatic N) is 2. The maximum atomic E-state index is 12.1. The summed E-state index contributed by atoms with van der Waals surface area (Å²) in [5.74, 6) is 0.0383. The van der Waals surface area contributed by atoms with E-state index in [1.165, 1.54) is 0 Å². The molecular formula is C7H5F3N2OS. The van der Waals surface area contributed by atoms with E-state index in [1.54, 1.807) is 0 Å². The Kier molecular flexibility index (Phi) is 3.00. The van der Waals surface area contributed by atoms with Crippen LogP contribution in [0.4, 0.5) is 19.0 Å². The first kappa shape index (κ1) is 10.8. The van der Waals surface area contributed by atoms with Gasteiger partial charge in [0.25, 0.3) is 0 Å². The molecule has 1 aromatic heterocycles. The molecule has 0 saturated heterocycles. The molecule has 0 N–H and O–H groups in total. The van der Waals surface area contributed by atoms with E-state index >= 15 is 0 Å². The minimum Gasteiger partial charge on any atom is -0.277 e. The van der Waals surface area contributed by atoms with E-state index in [-0.39, 0.29) is 5.82 Å². The lowest BCUT2D eigenvalue weighted by Gasteiger charge is -2.09. The maximum absolute atomic E-state index is 12.1. The normalized spacial score (nSPS) is 11.1. The molecule has 1 aromatic rings. The summed E-state index contributed by atoms with van der Waals surface area (Å²) in [5, 5.41) is 0. The second-order valence-corrected chi connectivity index (χ2v) is 2.78. The van der Waals surface area contributed by atoms with Crippen LogP contribution in [0.15, 0.2) is 18.3 Å². The molecule has 0 saturated carbocycles. The summed E-state index contributed by atoms with van der Waals surface area (Å²) in [6, 6.07) is 1.89. The van der Waals surface area contributed by atoms with E-state index in [2.05, 4.69) is 17.8 Å². The summed E-state index contributed by atoms with van der Waals surface area (Å²) in [6.07, 6.45) is -3.45. The first-order valence-corrected chi connectivity index (χ1v) is 3.82. The average molecular weight is 222 g/mol. The third kappa shape index (κ3) is 2.38. The Hall–Kier alpha value is -1.24. The Balaban J connectivity index is 2.95. The van der Waals surface area contributed by atoms with Crippen molar-refractivity contribution in [3.05, 3.63) is 23.9 Å². The van der Waals surface area contributed by atoms with Crippen molar-refractivity contribution in [2.24, 2.45) is 0 Å². The molecule has 1 amide bonds. The number of carbonyl (C=O) groups excluding carboxylic acids is 1. The van der Waals surface area contributed by atoms with Crippen LogP contribution in [0, 0.1) is 0 Å². The quantitative estimate of drug-likeness (QED) is 0.612. The van der Waals surface area contributed by atoms with Crippen LogP contribution in [-0.2, 0) is 11.0 Å². The largest absolute Gasteiger partial charge is 0.417 e. The minimum atomic E-state index is -4.42. The summed E-state index contributed by atoms with van der Waals surface area (Å²) >= 11 is 3.65. The Bertz CT molecular complexity index is 325. The number of aromatic nitrogens is 1. The monoisotopic (exact) mass is 222 g/mol. The van der Waals surface area contributed by atoms with Crippen molar-refractivity contribution in [2.75, 3.05) is 4.31 Å². The van der Waals surface area contributed by atoms with Gasteiger partial charge >= 0.3 is 6.18 Å². The molecule has 1 rings (SSSR count). The van der Waals surface area contributed by atoms with Gasteiger partial charge in [-0.25, -0.2) is 9.29 Å². The molecule has 14 heavy (non-hydrogen) atoms. The van der Waals surface area contributed by atoms with Crippen LogP contribution < -0.4 is 4.31 Å². The third-order valence-electron chi connectivity index (χ3n) is 1.41. The van der Waals surface area contributed by atoms with Crippen molar-refractivity contribution in [3.63, 3.8) is 0 Å². The van der Waals surface area contributed by atoms with Crippen LogP contribution in [0.25, 0.3) is 0 Å². The number of thiol groups is 1. The highest BCUT2D eigenvalue weighted by atomic mass is 32.1. The minimum absolute atomic E-state index is 0.0383. The number of amides is 1. The van der Waals surface area contributed by atoms with Gasteiger partial charge in [-0.3, -0.25) is 4.79 Å². The van der Waals surface area contributed by atoms with E-state index in [9.17, 15) is 18.0 Å². The van der Waals surface area contributed by atoms with Crippen molar-refractivity contribution >= 4 is 25.0 Å². The van der Waals surface area contributed by atoms with E-state index in [0.29, 0.717) is 12.6 Å². The third-order valence-corrected chi connectivity index (χ3v) is 1.71. The molecule has 0 bridgehead atoms. The molecule has 1 heterocycles. The van der Waals surface area contributed by atoms with Gasteiger partial charge in [-0.05, 0) is 12.1 Å². The van der Waals surface area contributed by atoms with Crippen molar-refractivity contribution in [2.45, 2.75) is 6.18 Å². The first-order valence-electron chi connectivity index (χ1n) is 3.42. The van der Waals surface area contributed by atoms with Crippen molar-refractivity contribution in [1.82, 2.24) is 4.98 Å². The Morgan fingerprint density at radius 2 is 2.07 bits per heavy atom. The van der Waals surface area contributed by atoms with Gasteiger partial charge in [-0.1, -0.05) is 12.8 Å². The zero-order chi connectivity index (χ0) is 10.8. The molecule has 0 spiro atoms. The van der Waals surface area contributed by atoms with Gasteiger partial charge in [0, 0.05) is 6.20 Å². The number of carbonyl (C=O) groups is 1. The van der Waals surface area contributed by atoms with E-state index < -0.39 is 11.7 Å². The van der Waals surface area contributed by atoms with Crippen molar-refractivity contribution in [3.8, 4) is 0 Å². The van der Waals surface area contributed by atoms with Crippen LogP contribution in [-0.4, -0.2) is 11.4 Å². The molecule has 0 atom stereocenters. The molecule has 3 nitrogen and oxygen atoms in total. The van der Waals surface area contributed by atoms with Crippen LogP contribution in [0.1, 0.15) is 5.56 Å². The number of halogens is 3. The zero-order valence-corrected chi connectivity index (χ0v) is 7.59. The average Bonchev–Trinajstić information content (AvgIpc) is 2.15. The molecule has 7 heteroatoms. The molecule has 0 aliphatic heterocycles. The van der Waals surface area contributed by atoms with Gasteiger partial charge in [0.15, 0.2) is 0 Å². The van der Waals surface area contributed by atoms with E-state index in [4.69, 9.17) is 0 Å². The fourth-order valence-corrected chi connectivity index (χ4v) is 0.862. The highest BCUT2D eigenvalue weighted by Gasteiger charge is 2.30. The van der Waals surface area contributed by atoms with Crippen molar-refractivity contribution < 1.29 is 18.0 Å². The summed E-state index contributed by atoms with van der Waals surface area (Å²) in [5.41, 5.74) is -0.867. The van der Waals surface area contributed by atoms with Gasteiger partial charge in [-0.2, -0.15) is 13.2 Å². The first-order chi connectivity index (χ1) is 6.45. The van der Waals surface area contributed by atoms with Crippen molar-refractivity contribution in [1.29, 1.82) is 0 Å². The second-order valence-electron chi connectivity index (χ2n) is 2.35. The van der Waals surface area contributed by atoms with E-state index in [0.717, 1.165) is 16.4 Å². The second kappa shape index (κ2) is 3.87. The Morgan fingerprint density at radius 3 is 2.43 bits per heavy atom. The van der Waals surface area contributed by atoms with Crippen LogP contribution in [0.2, 0.25) is 0 Å². The SMILES string of the molecule is O=CN(S)c1ccc(C(F)(F)F)cn1. The lowest BCUT2D eigenvalue weighted by atomic mass is 10.3. The van der Waals surface area contributed by atoms with Gasteiger partial charge < -0.3 is 0 Å². The smallest absolute Gasteiger partial charge is 0.277 e. The summed E-state index contributed by atoms with van der Waals surface area (Å²) < 4.78 is 37.0. The molecule has 0 radical (unpaired) electrons. The number of alkyl halides is 3. The highest BCUT2D eigenvalue weighted by Crippen LogP contribution is 2.29. The lowest BCUT2D eigenvalue weighted by molar-refractivity contribution is -0.137. The number of rotatable bonds is 2. The predicted molar refractivity (Wildman–Crippen MR) is 46.8 cm³/mol. The van der Waals surface area contributed by atoms with E-state index in [1.807, 2.05) is 0 Å². The van der Waals surface area contributed by atoms with Gasteiger partial charge in [-0.15, -0.1) is 0 Å². The number of anilines is 1. The standard InChI is InChI=1S/C7H5F3N2OS/c8-7(9,10)5-1-2-6(11-3-5)12(14)4-13/h1-4,14H. The number of hydrogen-bond acceptors (Lipinski definition) is 3. The fraction of sp³-hybridized carbons (Fsp3) is 0.143. The Morgan fingerprint density at radius 1 is 1.43 bits per heavy atom. The molecule has 0 fully saturated rings. The van der Waals surface area contributed by atoms with Gasteiger partial charge in [0.05, 0.1) is 5.56 Å². The van der Waals surface area contributed by atoms with Crippen LogP contribution in [0.5, 0.6) is 0 Å². The summed E-state index contributed by atoms with van der Waals surface area (Å²) in [7, 11) is 0. The van der Waals surface area contributed by atoms with Gasteiger partial charge in [0.1, 0.15) is 5.82 Å². The number of hydrogen-bond donors (Lipinski definition) is 1. The molecule has 0 aromatic carbocycles. The molecule has 0 aliphatic carbocycles.